The van der Waals surface area contributed by atoms with Crippen LogP contribution in [0.1, 0.15) is 18.1 Å². The van der Waals surface area contributed by atoms with E-state index in [9.17, 15) is 13.2 Å². The first-order valence-electron chi connectivity index (χ1n) is 9.23. The van der Waals surface area contributed by atoms with Crippen LogP contribution in [0.5, 0.6) is 5.75 Å². The minimum absolute atomic E-state index is 0.0637. The number of hydrogen-bond donors (Lipinski definition) is 1. The molecule has 0 radical (unpaired) electrons. The van der Waals surface area contributed by atoms with Crippen LogP contribution >= 0.6 is 0 Å². The van der Waals surface area contributed by atoms with Crippen molar-refractivity contribution < 1.29 is 26.9 Å². The number of aromatic nitrogens is 1. The number of carbonyl (C=O) groups excluding carboxylic acids is 1. The second-order valence-corrected chi connectivity index (χ2v) is 8.06. The predicted octanol–water partition coefficient (Wildman–Crippen LogP) is 3.37. The van der Waals surface area contributed by atoms with Crippen LogP contribution in [0.15, 0.2) is 53.6 Å². The third kappa shape index (κ3) is 5.36. The molecule has 0 aliphatic carbocycles. The number of benzene rings is 2. The zero-order valence-electron chi connectivity index (χ0n) is 16.3. The van der Waals surface area contributed by atoms with E-state index in [0.717, 1.165) is 22.0 Å². The fourth-order valence-electron chi connectivity index (χ4n) is 2.84. The number of rotatable bonds is 9. The highest BCUT2D eigenvalue weighted by Crippen LogP contribution is 2.24. The van der Waals surface area contributed by atoms with E-state index in [-0.39, 0.29) is 30.5 Å². The van der Waals surface area contributed by atoms with Crippen LogP contribution in [0.3, 0.4) is 0 Å². The standard InChI is InChI=1S/C21H23NO6S/c1-3-26-21(23)12-16-14-22-20-9-6-17(13-19(16)20)27-10-11-28-29(24,25)18-7-4-15(2)5-8-18/h4-9,13-14,22H,3,10-12H2,1-2H3. The smallest absolute Gasteiger partial charge is 0.310 e. The van der Waals surface area contributed by atoms with E-state index in [2.05, 4.69) is 4.98 Å². The molecule has 1 aromatic heterocycles. The molecular weight excluding hydrogens is 394 g/mol. The number of fused-ring (bicyclic) bond motifs is 1. The molecule has 1 N–H and O–H groups in total. The van der Waals surface area contributed by atoms with Crippen molar-refractivity contribution in [3.63, 3.8) is 0 Å². The van der Waals surface area contributed by atoms with Gasteiger partial charge in [0, 0.05) is 17.1 Å². The van der Waals surface area contributed by atoms with Gasteiger partial charge in [-0.05, 0) is 49.7 Å². The third-order valence-electron chi connectivity index (χ3n) is 4.28. The van der Waals surface area contributed by atoms with Crippen LogP contribution in [0.25, 0.3) is 10.9 Å². The first-order valence-corrected chi connectivity index (χ1v) is 10.6. The number of H-pyrrole nitrogens is 1. The van der Waals surface area contributed by atoms with Gasteiger partial charge in [0.15, 0.2) is 0 Å². The van der Waals surface area contributed by atoms with Gasteiger partial charge in [-0.3, -0.25) is 8.98 Å². The molecule has 154 valence electrons. The normalized spacial score (nSPS) is 11.5. The number of hydrogen-bond acceptors (Lipinski definition) is 6. The molecule has 8 heteroatoms. The summed E-state index contributed by atoms with van der Waals surface area (Å²) < 4.78 is 40.0. The van der Waals surface area contributed by atoms with Crippen molar-refractivity contribution in [1.29, 1.82) is 0 Å². The predicted molar refractivity (Wildman–Crippen MR) is 108 cm³/mol. The molecule has 0 unspecified atom stereocenters. The van der Waals surface area contributed by atoms with Gasteiger partial charge in [-0.25, -0.2) is 0 Å². The van der Waals surface area contributed by atoms with E-state index in [1.807, 2.05) is 13.0 Å². The Labute approximate surface area is 169 Å². The van der Waals surface area contributed by atoms with Crippen LogP contribution in [-0.4, -0.2) is 39.2 Å². The lowest BCUT2D eigenvalue weighted by molar-refractivity contribution is -0.142. The summed E-state index contributed by atoms with van der Waals surface area (Å²) in [5, 5.41) is 0.851. The van der Waals surface area contributed by atoms with E-state index < -0.39 is 10.1 Å². The number of esters is 1. The summed E-state index contributed by atoms with van der Waals surface area (Å²) in [6.07, 6.45) is 1.93. The molecule has 2 aromatic carbocycles. The van der Waals surface area contributed by atoms with Gasteiger partial charge in [0.25, 0.3) is 10.1 Å². The minimum atomic E-state index is -3.82. The summed E-state index contributed by atoms with van der Waals surface area (Å²) >= 11 is 0. The van der Waals surface area contributed by atoms with Crippen molar-refractivity contribution in [2.75, 3.05) is 19.8 Å². The molecule has 1 heterocycles. The monoisotopic (exact) mass is 417 g/mol. The van der Waals surface area contributed by atoms with Crippen LogP contribution < -0.4 is 4.74 Å². The van der Waals surface area contributed by atoms with Gasteiger partial charge in [0.1, 0.15) is 19.0 Å². The summed E-state index contributed by atoms with van der Waals surface area (Å²) in [5.41, 5.74) is 2.65. The second-order valence-electron chi connectivity index (χ2n) is 6.44. The van der Waals surface area contributed by atoms with Crippen molar-refractivity contribution in [3.05, 3.63) is 59.8 Å². The SMILES string of the molecule is CCOC(=O)Cc1c[nH]c2ccc(OCCOS(=O)(=O)c3ccc(C)cc3)cc12. The van der Waals surface area contributed by atoms with Crippen molar-refractivity contribution >= 4 is 27.0 Å². The van der Waals surface area contributed by atoms with Gasteiger partial charge in [-0.1, -0.05) is 17.7 Å². The summed E-state index contributed by atoms with van der Waals surface area (Å²) in [6.45, 7) is 3.93. The average molecular weight is 417 g/mol. The molecule has 0 bridgehead atoms. The fraction of sp³-hybridized carbons (Fsp3) is 0.286. The average Bonchev–Trinajstić information content (AvgIpc) is 3.08. The molecule has 0 spiro atoms. The lowest BCUT2D eigenvalue weighted by Gasteiger charge is -2.08. The molecule has 0 amide bonds. The third-order valence-corrected chi connectivity index (χ3v) is 5.61. The van der Waals surface area contributed by atoms with Gasteiger partial charge in [-0.15, -0.1) is 0 Å². The Kier molecular flexibility index (Phi) is 6.56. The Hall–Kier alpha value is -2.84. The Bertz CT molecular complexity index is 1090. The Morgan fingerprint density at radius 3 is 2.55 bits per heavy atom. The Balaban J connectivity index is 1.59. The second kappa shape index (κ2) is 9.11. The first kappa shape index (κ1) is 20.9. The molecule has 0 saturated carbocycles. The summed E-state index contributed by atoms with van der Waals surface area (Å²) in [5.74, 6) is 0.257. The quantitative estimate of drug-likeness (QED) is 0.326. The summed E-state index contributed by atoms with van der Waals surface area (Å²) in [7, 11) is -3.82. The highest BCUT2D eigenvalue weighted by atomic mass is 32.2. The molecule has 3 rings (SSSR count). The van der Waals surface area contributed by atoms with Crippen LogP contribution in [-0.2, 0) is 30.3 Å². The molecule has 7 nitrogen and oxygen atoms in total. The number of nitrogens with one attached hydrogen (secondary N) is 1. The van der Waals surface area contributed by atoms with Crippen molar-refractivity contribution in [1.82, 2.24) is 4.98 Å². The number of aromatic amines is 1. The Morgan fingerprint density at radius 2 is 1.83 bits per heavy atom. The highest BCUT2D eigenvalue weighted by Gasteiger charge is 2.15. The van der Waals surface area contributed by atoms with Gasteiger partial charge in [0.05, 0.1) is 17.9 Å². The van der Waals surface area contributed by atoms with Gasteiger partial charge in [-0.2, -0.15) is 8.42 Å². The van der Waals surface area contributed by atoms with Crippen LogP contribution in [0, 0.1) is 6.92 Å². The molecule has 0 fully saturated rings. The molecule has 29 heavy (non-hydrogen) atoms. The molecule has 0 aliphatic rings. The van der Waals surface area contributed by atoms with Gasteiger partial charge < -0.3 is 14.5 Å². The van der Waals surface area contributed by atoms with Crippen LogP contribution in [0.2, 0.25) is 0 Å². The highest BCUT2D eigenvalue weighted by molar-refractivity contribution is 7.86. The Morgan fingerprint density at radius 1 is 1.07 bits per heavy atom. The number of ether oxygens (including phenoxy) is 2. The van der Waals surface area contributed by atoms with E-state index in [1.165, 1.54) is 12.1 Å². The van der Waals surface area contributed by atoms with Gasteiger partial charge in [0.2, 0.25) is 0 Å². The molecule has 0 saturated heterocycles. The van der Waals surface area contributed by atoms with Crippen molar-refractivity contribution in [3.8, 4) is 5.75 Å². The van der Waals surface area contributed by atoms with E-state index in [0.29, 0.717) is 12.4 Å². The maximum atomic E-state index is 12.2. The summed E-state index contributed by atoms with van der Waals surface area (Å²) in [6, 6.07) is 11.9. The van der Waals surface area contributed by atoms with E-state index in [1.54, 1.807) is 37.4 Å². The van der Waals surface area contributed by atoms with Gasteiger partial charge >= 0.3 is 5.97 Å². The van der Waals surface area contributed by atoms with E-state index in [4.69, 9.17) is 13.7 Å². The molecule has 0 aliphatic heterocycles. The van der Waals surface area contributed by atoms with Crippen molar-refractivity contribution in [2.24, 2.45) is 0 Å². The lowest BCUT2D eigenvalue weighted by Crippen LogP contribution is -2.13. The van der Waals surface area contributed by atoms with Crippen molar-refractivity contribution in [2.45, 2.75) is 25.2 Å². The zero-order valence-corrected chi connectivity index (χ0v) is 17.1. The zero-order chi connectivity index (χ0) is 20.9. The number of carbonyl (C=O) groups is 1. The first-order chi connectivity index (χ1) is 13.9. The molecule has 3 aromatic rings. The number of aryl methyl sites for hydroxylation is 1. The topological polar surface area (TPSA) is 94.7 Å². The maximum absolute atomic E-state index is 12.2. The molecular formula is C21H23NO6S. The fourth-order valence-corrected chi connectivity index (χ4v) is 3.73. The minimum Gasteiger partial charge on any atom is -0.491 e. The summed E-state index contributed by atoms with van der Waals surface area (Å²) in [4.78, 5) is 15.0. The maximum Gasteiger partial charge on any atom is 0.310 e. The largest absolute Gasteiger partial charge is 0.491 e. The lowest BCUT2D eigenvalue weighted by atomic mass is 10.1. The van der Waals surface area contributed by atoms with Crippen LogP contribution in [0.4, 0.5) is 0 Å². The molecule has 0 atom stereocenters. The van der Waals surface area contributed by atoms with E-state index >= 15 is 0 Å².